The van der Waals surface area contributed by atoms with E-state index in [4.69, 9.17) is 0 Å². The lowest BCUT2D eigenvalue weighted by atomic mass is 9.60. The molecule has 1 saturated carbocycles. The highest BCUT2D eigenvalue weighted by molar-refractivity contribution is 5.74. The van der Waals surface area contributed by atoms with Crippen molar-refractivity contribution in [1.29, 1.82) is 0 Å². The van der Waals surface area contributed by atoms with Crippen molar-refractivity contribution in [1.82, 2.24) is 9.78 Å². The molecule has 1 aromatic heterocycles. The van der Waals surface area contributed by atoms with Crippen LogP contribution in [0.5, 0.6) is 0 Å². The van der Waals surface area contributed by atoms with Crippen LogP contribution in [0.25, 0.3) is 11.8 Å². The zero-order chi connectivity index (χ0) is 16.9. The summed E-state index contributed by atoms with van der Waals surface area (Å²) in [6, 6.07) is 6.25. The number of halogens is 1. The Kier molecular flexibility index (Phi) is 3.34. The molecule has 124 valence electrons. The number of carboxylic acid groups (broad SMARTS) is 1. The molecule has 2 aliphatic rings. The van der Waals surface area contributed by atoms with Gasteiger partial charge in [0.15, 0.2) is 0 Å². The average Bonchev–Trinajstić information content (AvgIpc) is 2.94. The van der Waals surface area contributed by atoms with Gasteiger partial charge in [-0.2, -0.15) is 5.10 Å². The van der Waals surface area contributed by atoms with Gasteiger partial charge in [-0.05, 0) is 61.6 Å². The van der Waals surface area contributed by atoms with Crippen LogP contribution >= 0.6 is 0 Å². The lowest BCUT2D eigenvalue weighted by Crippen LogP contribution is -2.41. The number of carbonyl (C=O) groups is 1. The van der Waals surface area contributed by atoms with Gasteiger partial charge in [-0.3, -0.25) is 4.79 Å². The fraction of sp³-hybridized carbons (Fsp3) is 0.368. The minimum atomic E-state index is -0.711. The van der Waals surface area contributed by atoms with Gasteiger partial charge in [0.1, 0.15) is 5.82 Å². The molecule has 2 aromatic rings. The van der Waals surface area contributed by atoms with Gasteiger partial charge < -0.3 is 5.11 Å². The minimum Gasteiger partial charge on any atom is -0.481 e. The first-order valence-electron chi connectivity index (χ1n) is 8.26. The van der Waals surface area contributed by atoms with Crippen LogP contribution in [0.2, 0.25) is 0 Å². The minimum absolute atomic E-state index is 0.276. The van der Waals surface area contributed by atoms with E-state index in [0.717, 1.165) is 36.2 Å². The summed E-state index contributed by atoms with van der Waals surface area (Å²) in [5, 5.41) is 14.1. The van der Waals surface area contributed by atoms with E-state index >= 15 is 0 Å². The first-order valence-corrected chi connectivity index (χ1v) is 8.26. The lowest BCUT2D eigenvalue weighted by molar-refractivity contribution is -0.146. The number of carboxylic acids is 1. The molecule has 1 N–H and O–H groups in total. The highest BCUT2D eigenvalue weighted by atomic mass is 19.1. The summed E-state index contributed by atoms with van der Waals surface area (Å²) in [5.74, 6) is -1.33. The van der Waals surface area contributed by atoms with E-state index in [0.29, 0.717) is 6.42 Å². The van der Waals surface area contributed by atoms with Crippen molar-refractivity contribution >= 4 is 12.0 Å². The second-order valence-corrected chi connectivity index (χ2v) is 6.99. The van der Waals surface area contributed by atoms with Crippen LogP contribution in [-0.2, 0) is 11.2 Å². The Bertz CT molecular complexity index is 838. The van der Waals surface area contributed by atoms with Gasteiger partial charge in [0.05, 0.1) is 23.5 Å². The van der Waals surface area contributed by atoms with Crippen LogP contribution in [0.4, 0.5) is 4.39 Å². The summed E-state index contributed by atoms with van der Waals surface area (Å²) in [6.45, 7) is 2.06. The fourth-order valence-corrected chi connectivity index (χ4v) is 4.22. The molecule has 5 heteroatoms. The molecule has 2 atom stereocenters. The first-order chi connectivity index (χ1) is 11.5. The standard InChI is InChI=1S/C19H19FN2O2/c1-19-10-12-11-21-22(15-7-5-14(20)6-8-15)17(12)9-13(19)3-2-4-16(19)18(23)24/h5-9,11,16H,2-4,10H2,1H3,(H,23,24)/t16-,19+/m1/s1. The number of allylic oxidation sites excluding steroid dienone is 1. The molecule has 0 unspecified atom stereocenters. The fourth-order valence-electron chi connectivity index (χ4n) is 4.22. The molecule has 1 aromatic carbocycles. The largest absolute Gasteiger partial charge is 0.481 e. The molecule has 0 bridgehead atoms. The number of fused-ring (bicyclic) bond motifs is 2. The zero-order valence-electron chi connectivity index (χ0n) is 13.5. The SMILES string of the molecule is C[C@]12Cc3cnn(-c4ccc(F)cc4)c3C=C1CCC[C@@H]2C(=O)O. The predicted octanol–water partition coefficient (Wildman–Crippen LogP) is 3.84. The molecule has 0 amide bonds. The average molecular weight is 326 g/mol. The second kappa shape index (κ2) is 5.30. The molecule has 0 radical (unpaired) electrons. The van der Waals surface area contributed by atoms with Gasteiger partial charge in [0.25, 0.3) is 0 Å². The van der Waals surface area contributed by atoms with E-state index in [1.807, 2.05) is 10.9 Å². The number of benzene rings is 1. The maximum atomic E-state index is 13.2. The highest BCUT2D eigenvalue weighted by Gasteiger charge is 2.46. The zero-order valence-corrected chi connectivity index (χ0v) is 13.5. The molecule has 0 saturated heterocycles. The summed E-state index contributed by atoms with van der Waals surface area (Å²) < 4.78 is 15.0. The summed E-state index contributed by atoms with van der Waals surface area (Å²) >= 11 is 0. The molecular weight excluding hydrogens is 307 g/mol. The summed E-state index contributed by atoms with van der Waals surface area (Å²) in [5.41, 5.74) is 3.70. The van der Waals surface area contributed by atoms with Crippen LogP contribution in [-0.4, -0.2) is 20.9 Å². The summed E-state index contributed by atoms with van der Waals surface area (Å²) in [4.78, 5) is 11.7. The maximum Gasteiger partial charge on any atom is 0.307 e. The third-order valence-electron chi connectivity index (χ3n) is 5.57. The van der Waals surface area contributed by atoms with E-state index < -0.39 is 5.97 Å². The van der Waals surface area contributed by atoms with E-state index in [2.05, 4.69) is 18.1 Å². The van der Waals surface area contributed by atoms with Crippen LogP contribution in [0.15, 0.2) is 36.0 Å². The molecule has 4 rings (SSSR count). The van der Waals surface area contributed by atoms with Crippen molar-refractivity contribution < 1.29 is 14.3 Å². The second-order valence-electron chi connectivity index (χ2n) is 6.99. The molecule has 1 heterocycles. The van der Waals surface area contributed by atoms with Gasteiger partial charge >= 0.3 is 5.97 Å². The third kappa shape index (κ3) is 2.19. The van der Waals surface area contributed by atoms with Gasteiger partial charge in [-0.15, -0.1) is 0 Å². The normalized spacial score (nSPS) is 25.6. The smallest absolute Gasteiger partial charge is 0.307 e. The van der Waals surface area contributed by atoms with Crippen LogP contribution < -0.4 is 0 Å². The van der Waals surface area contributed by atoms with Gasteiger partial charge in [-0.1, -0.05) is 12.5 Å². The van der Waals surface area contributed by atoms with Crippen LogP contribution in [0, 0.1) is 17.2 Å². The van der Waals surface area contributed by atoms with E-state index in [1.165, 1.54) is 17.7 Å². The van der Waals surface area contributed by atoms with Crippen molar-refractivity contribution in [2.45, 2.75) is 32.6 Å². The van der Waals surface area contributed by atoms with Crippen LogP contribution in [0.3, 0.4) is 0 Å². The number of hydrogen-bond acceptors (Lipinski definition) is 2. The molecule has 1 fully saturated rings. The number of rotatable bonds is 2. The molecule has 0 aliphatic heterocycles. The van der Waals surface area contributed by atoms with E-state index in [-0.39, 0.29) is 17.2 Å². The van der Waals surface area contributed by atoms with Gasteiger partial charge in [0, 0.05) is 5.41 Å². The van der Waals surface area contributed by atoms with Gasteiger partial charge in [-0.25, -0.2) is 9.07 Å². The molecular formula is C19H19FN2O2. The quantitative estimate of drug-likeness (QED) is 0.912. The Morgan fingerprint density at radius 2 is 2.12 bits per heavy atom. The molecule has 0 spiro atoms. The summed E-state index contributed by atoms with van der Waals surface area (Å²) in [6.07, 6.45) is 7.15. The number of hydrogen-bond donors (Lipinski definition) is 1. The topological polar surface area (TPSA) is 55.1 Å². The predicted molar refractivity (Wildman–Crippen MR) is 88.3 cm³/mol. The first kappa shape index (κ1) is 15.1. The lowest BCUT2D eigenvalue weighted by Gasteiger charge is -2.43. The summed E-state index contributed by atoms with van der Waals surface area (Å²) in [7, 11) is 0. The molecule has 2 aliphatic carbocycles. The van der Waals surface area contributed by atoms with Crippen LogP contribution in [0.1, 0.15) is 37.4 Å². The Labute approximate surface area is 139 Å². The number of nitrogens with zero attached hydrogens (tertiary/aromatic N) is 2. The Morgan fingerprint density at radius 1 is 1.38 bits per heavy atom. The number of aromatic nitrogens is 2. The van der Waals surface area contributed by atoms with Gasteiger partial charge in [0.2, 0.25) is 0 Å². The van der Waals surface area contributed by atoms with Crippen molar-refractivity contribution in [3.63, 3.8) is 0 Å². The van der Waals surface area contributed by atoms with Crippen molar-refractivity contribution in [2.75, 3.05) is 0 Å². The van der Waals surface area contributed by atoms with Crippen molar-refractivity contribution in [3.05, 3.63) is 53.1 Å². The highest BCUT2D eigenvalue weighted by Crippen LogP contribution is 2.51. The Hall–Kier alpha value is -2.43. The molecule has 24 heavy (non-hydrogen) atoms. The van der Waals surface area contributed by atoms with E-state index in [9.17, 15) is 14.3 Å². The number of aliphatic carboxylic acids is 1. The van der Waals surface area contributed by atoms with E-state index in [1.54, 1.807) is 12.1 Å². The Morgan fingerprint density at radius 3 is 2.83 bits per heavy atom. The molecule has 4 nitrogen and oxygen atoms in total. The van der Waals surface area contributed by atoms with Crippen molar-refractivity contribution in [3.8, 4) is 5.69 Å². The third-order valence-corrected chi connectivity index (χ3v) is 5.57. The maximum absolute atomic E-state index is 13.2. The van der Waals surface area contributed by atoms with Crippen molar-refractivity contribution in [2.24, 2.45) is 11.3 Å². The Balaban J connectivity index is 1.79. The monoisotopic (exact) mass is 326 g/mol.